The molecule has 1 saturated heterocycles. The monoisotopic (exact) mass is 250 g/mol. The highest BCUT2D eigenvalue weighted by Gasteiger charge is 2.29. The fraction of sp³-hybridized carbons (Fsp3) is 0.889. The molecule has 0 aliphatic carbocycles. The second kappa shape index (κ2) is 5.60. The van der Waals surface area contributed by atoms with E-state index in [0.29, 0.717) is 19.5 Å². The zero-order chi connectivity index (χ0) is 12.2. The molecule has 1 rings (SSSR count). The number of ether oxygens (including phenoxy) is 1. The van der Waals surface area contributed by atoms with E-state index < -0.39 is 16.0 Å². The summed E-state index contributed by atoms with van der Waals surface area (Å²) >= 11 is 0. The maximum absolute atomic E-state index is 11.7. The maximum atomic E-state index is 11.7. The number of rotatable bonds is 5. The number of hydrogen-bond acceptors (Lipinski definition) is 5. The zero-order valence-corrected chi connectivity index (χ0v) is 10.2. The van der Waals surface area contributed by atoms with E-state index in [2.05, 4.69) is 4.74 Å². The molecule has 6 nitrogen and oxygen atoms in total. The summed E-state index contributed by atoms with van der Waals surface area (Å²) in [6.07, 6.45) is 0.584. The standard InChI is InChI=1S/C9H18N2O4S/c1-2-15-9(12)4-6-16(13,14)11-5-3-8(10)7-11/h8H,2-7,10H2,1H3/t8-/m1/s1. The third kappa shape index (κ3) is 3.73. The molecule has 94 valence electrons. The maximum Gasteiger partial charge on any atom is 0.306 e. The molecule has 0 unspecified atom stereocenters. The minimum Gasteiger partial charge on any atom is -0.466 e. The van der Waals surface area contributed by atoms with Crippen molar-refractivity contribution in [1.29, 1.82) is 0 Å². The van der Waals surface area contributed by atoms with Crippen LogP contribution in [-0.4, -0.2) is 50.2 Å². The van der Waals surface area contributed by atoms with Gasteiger partial charge in [-0.15, -0.1) is 0 Å². The predicted molar refractivity (Wildman–Crippen MR) is 59.2 cm³/mol. The van der Waals surface area contributed by atoms with Gasteiger partial charge >= 0.3 is 5.97 Å². The summed E-state index contributed by atoms with van der Waals surface area (Å²) in [6.45, 7) is 2.76. The quantitative estimate of drug-likeness (QED) is 0.652. The van der Waals surface area contributed by atoms with Gasteiger partial charge in [-0.05, 0) is 13.3 Å². The molecule has 1 heterocycles. The highest BCUT2D eigenvalue weighted by Crippen LogP contribution is 2.13. The van der Waals surface area contributed by atoms with Crippen molar-refractivity contribution < 1.29 is 17.9 Å². The van der Waals surface area contributed by atoms with E-state index in [1.165, 1.54) is 4.31 Å². The van der Waals surface area contributed by atoms with Crippen LogP contribution in [0.1, 0.15) is 19.8 Å². The summed E-state index contributed by atoms with van der Waals surface area (Å²) in [5.41, 5.74) is 5.63. The lowest BCUT2D eigenvalue weighted by Crippen LogP contribution is -2.34. The van der Waals surface area contributed by atoms with Crippen LogP contribution in [0.4, 0.5) is 0 Å². The van der Waals surface area contributed by atoms with Gasteiger partial charge in [-0.2, -0.15) is 0 Å². The van der Waals surface area contributed by atoms with Crippen molar-refractivity contribution in [2.45, 2.75) is 25.8 Å². The molecule has 1 aliphatic rings. The second-order valence-corrected chi connectivity index (χ2v) is 5.87. The van der Waals surface area contributed by atoms with Crippen molar-refractivity contribution in [3.63, 3.8) is 0 Å². The van der Waals surface area contributed by atoms with E-state index in [0.717, 1.165) is 0 Å². The van der Waals surface area contributed by atoms with E-state index in [-0.39, 0.29) is 24.8 Å². The largest absolute Gasteiger partial charge is 0.466 e. The summed E-state index contributed by atoms with van der Waals surface area (Å²) in [6, 6.07) is -0.0858. The van der Waals surface area contributed by atoms with E-state index in [9.17, 15) is 13.2 Å². The van der Waals surface area contributed by atoms with E-state index >= 15 is 0 Å². The van der Waals surface area contributed by atoms with Gasteiger partial charge in [0.2, 0.25) is 10.0 Å². The van der Waals surface area contributed by atoms with Gasteiger partial charge in [0.05, 0.1) is 18.8 Å². The highest BCUT2D eigenvalue weighted by molar-refractivity contribution is 7.89. The first-order chi connectivity index (χ1) is 7.45. The Balaban J connectivity index is 2.43. The van der Waals surface area contributed by atoms with Gasteiger partial charge in [0.1, 0.15) is 0 Å². The molecule has 2 N–H and O–H groups in total. The summed E-state index contributed by atoms with van der Waals surface area (Å²) in [5, 5.41) is 0. The molecule has 1 atom stereocenters. The molecule has 1 fully saturated rings. The van der Waals surface area contributed by atoms with Crippen LogP contribution in [0.15, 0.2) is 0 Å². The first-order valence-electron chi connectivity index (χ1n) is 5.34. The molecule has 0 radical (unpaired) electrons. The van der Waals surface area contributed by atoms with Gasteiger partial charge in [-0.25, -0.2) is 12.7 Å². The van der Waals surface area contributed by atoms with Crippen LogP contribution in [0.3, 0.4) is 0 Å². The minimum atomic E-state index is -3.35. The zero-order valence-electron chi connectivity index (χ0n) is 9.39. The third-order valence-corrected chi connectivity index (χ3v) is 4.29. The average Bonchev–Trinajstić information content (AvgIpc) is 2.63. The first-order valence-corrected chi connectivity index (χ1v) is 6.95. The van der Waals surface area contributed by atoms with Gasteiger partial charge in [-0.3, -0.25) is 4.79 Å². The number of sulfonamides is 1. The second-order valence-electron chi connectivity index (χ2n) is 3.78. The normalized spacial score (nSPS) is 22.2. The third-order valence-electron chi connectivity index (χ3n) is 2.45. The molecule has 0 aromatic rings. The van der Waals surface area contributed by atoms with Crippen LogP contribution >= 0.6 is 0 Å². The molecule has 0 amide bonds. The summed E-state index contributed by atoms with van der Waals surface area (Å²) in [4.78, 5) is 11.0. The molecular formula is C9H18N2O4S. The van der Waals surface area contributed by atoms with Crippen LogP contribution in [-0.2, 0) is 19.6 Å². The number of carbonyl (C=O) groups is 1. The minimum absolute atomic E-state index is 0.0858. The fourth-order valence-electron chi connectivity index (χ4n) is 1.58. The summed E-state index contributed by atoms with van der Waals surface area (Å²) < 4.78 is 29.5. The number of carbonyl (C=O) groups excluding carboxylic acids is 1. The molecule has 7 heteroatoms. The van der Waals surface area contributed by atoms with Crippen LogP contribution < -0.4 is 5.73 Å². The van der Waals surface area contributed by atoms with Crippen molar-refractivity contribution >= 4 is 16.0 Å². The lowest BCUT2D eigenvalue weighted by Gasteiger charge is -2.15. The fourth-order valence-corrected chi connectivity index (χ4v) is 3.07. The summed E-state index contributed by atoms with van der Waals surface area (Å²) in [5.74, 6) is -0.673. The van der Waals surface area contributed by atoms with Gasteiger partial charge in [0.15, 0.2) is 0 Å². The smallest absolute Gasteiger partial charge is 0.306 e. The lowest BCUT2D eigenvalue weighted by molar-refractivity contribution is -0.142. The molecule has 0 spiro atoms. The Labute approximate surface area is 95.8 Å². The van der Waals surface area contributed by atoms with E-state index in [1.54, 1.807) is 6.92 Å². The highest BCUT2D eigenvalue weighted by atomic mass is 32.2. The lowest BCUT2D eigenvalue weighted by atomic mass is 10.3. The van der Waals surface area contributed by atoms with Crippen LogP contribution in [0.5, 0.6) is 0 Å². The van der Waals surface area contributed by atoms with Gasteiger partial charge in [0, 0.05) is 19.1 Å². The Morgan fingerprint density at radius 3 is 2.75 bits per heavy atom. The Bertz CT molecular complexity index is 341. The number of nitrogens with zero attached hydrogens (tertiary/aromatic N) is 1. The van der Waals surface area contributed by atoms with Crippen molar-refractivity contribution in [2.24, 2.45) is 5.73 Å². The molecule has 0 aromatic heterocycles. The van der Waals surface area contributed by atoms with Crippen molar-refractivity contribution in [2.75, 3.05) is 25.4 Å². The van der Waals surface area contributed by atoms with E-state index in [4.69, 9.17) is 5.73 Å². The molecular weight excluding hydrogens is 232 g/mol. The molecule has 0 bridgehead atoms. The van der Waals surface area contributed by atoms with Crippen LogP contribution in [0.2, 0.25) is 0 Å². The van der Waals surface area contributed by atoms with Crippen LogP contribution in [0, 0.1) is 0 Å². The molecule has 16 heavy (non-hydrogen) atoms. The average molecular weight is 250 g/mol. The van der Waals surface area contributed by atoms with Crippen molar-refractivity contribution in [1.82, 2.24) is 4.31 Å². The summed E-state index contributed by atoms with van der Waals surface area (Å²) in [7, 11) is -3.35. The molecule has 0 aromatic carbocycles. The van der Waals surface area contributed by atoms with Gasteiger partial charge in [-0.1, -0.05) is 0 Å². The molecule has 0 saturated carbocycles. The van der Waals surface area contributed by atoms with E-state index in [1.807, 2.05) is 0 Å². The Hall–Kier alpha value is -0.660. The Kier molecular flexibility index (Phi) is 4.69. The topological polar surface area (TPSA) is 89.7 Å². The number of hydrogen-bond donors (Lipinski definition) is 1. The SMILES string of the molecule is CCOC(=O)CCS(=O)(=O)N1CC[C@@H](N)C1. The van der Waals surface area contributed by atoms with Crippen molar-refractivity contribution in [3.8, 4) is 0 Å². The van der Waals surface area contributed by atoms with Gasteiger partial charge < -0.3 is 10.5 Å². The molecule has 1 aliphatic heterocycles. The Morgan fingerprint density at radius 1 is 1.56 bits per heavy atom. The Morgan fingerprint density at radius 2 is 2.25 bits per heavy atom. The van der Waals surface area contributed by atoms with Crippen molar-refractivity contribution in [3.05, 3.63) is 0 Å². The number of nitrogens with two attached hydrogens (primary N) is 1. The predicted octanol–water partition coefficient (Wildman–Crippen LogP) is -0.698. The first kappa shape index (κ1) is 13.4. The van der Waals surface area contributed by atoms with Gasteiger partial charge in [0.25, 0.3) is 0 Å². The van der Waals surface area contributed by atoms with Crippen LogP contribution in [0.25, 0.3) is 0 Å². The number of esters is 1.